The minimum Gasteiger partial charge on any atom is -0.467 e. The number of aromatic nitrogens is 3. The molecule has 0 unspecified atom stereocenters. The molecule has 0 aromatic carbocycles. The molecule has 0 aliphatic carbocycles. The number of rotatable bonds is 5. The van der Waals surface area contributed by atoms with Crippen molar-refractivity contribution >= 4 is 21.9 Å². The largest absolute Gasteiger partial charge is 0.467 e. The minimum atomic E-state index is 0.199. The van der Waals surface area contributed by atoms with Gasteiger partial charge in [-0.15, -0.1) is 4.98 Å². The Labute approximate surface area is 95.9 Å². The minimum absolute atomic E-state index is 0.199. The van der Waals surface area contributed by atoms with Gasteiger partial charge in [-0.25, -0.2) is 0 Å². The predicted molar refractivity (Wildman–Crippen MR) is 59.5 cm³/mol. The first-order valence-corrected chi connectivity index (χ1v) is 4.86. The maximum atomic E-state index is 4.89. The molecule has 1 N–H and O–H groups in total. The molecule has 0 aliphatic rings. The monoisotopic (exact) mass is 274 g/mol. The van der Waals surface area contributed by atoms with Gasteiger partial charge in [-0.3, -0.25) is 0 Å². The second kappa shape index (κ2) is 5.50. The highest BCUT2D eigenvalue weighted by atomic mass is 79.9. The van der Waals surface area contributed by atoms with Crippen LogP contribution in [0.25, 0.3) is 0 Å². The lowest BCUT2D eigenvalue weighted by molar-refractivity contribution is 0.341. The summed E-state index contributed by atoms with van der Waals surface area (Å²) in [4.78, 5) is 11.8. The third-order valence-corrected chi connectivity index (χ3v) is 1.68. The van der Waals surface area contributed by atoms with Crippen molar-refractivity contribution in [2.75, 3.05) is 26.1 Å². The molecule has 0 bridgehead atoms. The molecule has 0 radical (unpaired) electrons. The van der Waals surface area contributed by atoms with E-state index >= 15 is 0 Å². The van der Waals surface area contributed by atoms with E-state index in [0.29, 0.717) is 12.5 Å². The van der Waals surface area contributed by atoms with E-state index in [1.165, 1.54) is 14.2 Å². The lowest BCUT2D eigenvalue weighted by Gasteiger charge is -2.06. The number of nitrogens with zero attached hydrogens (tertiary/aromatic N) is 3. The Balaban J connectivity index is 2.81. The van der Waals surface area contributed by atoms with Crippen molar-refractivity contribution < 1.29 is 9.47 Å². The Bertz CT molecular complexity index is 336. The van der Waals surface area contributed by atoms with Crippen LogP contribution in [0, 0.1) is 0 Å². The second-order valence-corrected chi connectivity index (χ2v) is 3.62. The summed E-state index contributed by atoms with van der Waals surface area (Å²) in [5, 5.41) is 2.92. The molecule has 1 heterocycles. The van der Waals surface area contributed by atoms with E-state index in [1.807, 2.05) is 0 Å². The standard InChI is InChI=1S/C8H11BrN4O2/c1-5(9)4-10-6-11-7(14-2)13-8(12-6)15-3/h1,4H2,2-3H3,(H,10,11,12,13). The van der Waals surface area contributed by atoms with E-state index in [4.69, 9.17) is 9.47 Å². The van der Waals surface area contributed by atoms with Crippen LogP contribution in [-0.2, 0) is 0 Å². The van der Waals surface area contributed by atoms with Gasteiger partial charge < -0.3 is 14.8 Å². The summed E-state index contributed by atoms with van der Waals surface area (Å²) < 4.78 is 10.6. The quantitative estimate of drug-likeness (QED) is 0.871. The van der Waals surface area contributed by atoms with Gasteiger partial charge in [0.05, 0.1) is 14.2 Å². The Morgan fingerprint density at radius 1 is 1.27 bits per heavy atom. The molecule has 0 saturated heterocycles. The first-order valence-electron chi connectivity index (χ1n) is 4.07. The highest BCUT2D eigenvalue weighted by Crippen LogP contribution is 2.12. The first kappa shape index (κ1) is 11.7. The normalized spacial score (nSPS) is 9.53. The summed E-state index contributed by atoms with van der Waals surface area (Å²) in [6.45, 7) is 4.19. The van der Waals surface area contributed by atoms with Crippen LogP contribution in [0.4, 0.5) is 5.95 Å². The van der Waals surface area contributed by atoms with Crippen LogP contribution in [0.2, 0.25) is 0 Å². The van der Waals surface area contributed by atoms with E-state index in [-0.39, 0.29) is 12.0 Å². The molecule has 1 aromatic rings. The molecule has 0 amide bonds. The Morgan fingerprint density at radius 2 is 1.80 bits per heavy atom. The fourth-order valence-corrected chi connectivity index (χ4v) is 0.915. The van der Waals surface area contributed by atoms with Crippen molar-refractivity contribution in [2.45, 2.75) is 0 Å². The van der Waals surface area contributed by atoms with E-state index in [9.17, 15) is 0 Å². The SMILES string of the molecule is C=C(Br)CNc1nc(OC)nc(OC)n1. The molecule has 0 spiro atoms. The second-order valence-electron chi connectivity index (χ2n) is 2.50. The molecule has 15 heavy (non-hydrogen) atoms. The Hall–Kier alpha value is -1.37. The number of ether oxygens (including phenoxy) is 2. The maximum absolute atomic E-state index is 4.89. The number of halogens is 1. The fourth-order valence-electron chi connectivity index (χ4n) is 0.775. The highest BCUT2D eigenvalue weighted by molar-refractivity contribution is 9.11. The van der Waals surface area contributed by atoms with Crippen LogP contribution in [0.3, 0.4) is 0 Å². The van der Waals surface area contributed by atoms with Gasteiger partial charge in [-0.05, 0) is 0 Å². The summed E-state index contributed by atoms with van der Waals surface area (Å²) in [6.07, 6.45) is 0. The van der Waals surface area contributed by atoms with Crippen molar-refractivity contribution in [3.63, 3.8) is 0 Å². The first-order chi connectivity index (χ1) is 7.15. The molecule has 0 aliphatic heterocycles. The fraction of sp³-hybridized carbons (Fsp3) is 0.375. The zero-order valence-electron chi connectivity index (χ0n) is 8.45. The molecule has 0 atom stereocenters. The van der Waals surface area contributed by atoms with Gasteiger partial charge in [0, 0.05) is 11.0 Å². The number of hydrogen-bond donors (Lipinski definition) is 1. The zero-order chi connectivity index (χ0) is 11.3. The summed E-state index contributed by atoms with van der Waals surface area (Å²) in [6, 6.07) is 0.397. The predicted octanol–water partition coefficient (Wildman–Crippen LogP) is 1.21. The lowest BCUT2D eigenvalue weighted by Crippen LogP contribution is -2.08. The molecule has 7 heteroatoms. The molecule has 1 rings (SSSR count). The molecule has 0 fully saturated rings. The van der Waals surface area contributed by atoms with Gasteiger partial charge in [0.25, 0.3) is 0 Å². The van der Waals surface area contributed by atoms with Crippen LogP contribution < -0.4 is 14.8 Å². The maximum Gasteiger partial charge on any atom is 0.324 e. The van der Waals surface area contributed by atoms with Crippen molar-refractivity contribution in [1.82, 2.24) is 15.0 Å². The van der Waals surface area contributed by atoms with Crippen molar-refractivity contribution in [1.29, 1.82) is 0 Å². The van der Waals surface area contributed by atoms with Crippen LogP contribution in [0.15, 0.2) is 11.1 Å². The van der Waals surface area contributed by atoms with Crippen molar-refractivity contribution in [2.24, 2.45) is 0 Å². The zero-order valence-corrected chi connectivity index (χ0v) is 10.0. The third-order valence-electron chi connectivity index (χ3n) is 1.40. The smallest absolute Gasteiger partial charge is 0.324 e. The number of hydrogen-bond acceptors (Lipinski definition) is 6. The topological polar surface area (TPSA) is 69.2 Å². The molecule has 0 saturated carbocycles. The molecule has 82 valence electrons. The van der Waals surface area contributed by atoms with Crippen molar-refractivity contribution in [3.8, 4) is 12.0 Å². The average molecular weight is 275 g/mol. The van der Waals surface area contributed by atoms with E-state index < -0.39 is 0 Å². The van der Waals surface area contributed by atoms with E-state index in [0.717, 1.165) is 4.48 Å². The third kappa shape index (κ3) is 3.70. The number of methoxy groups -OCH3 is 2. The van der Waals surface area contributed by atoms with Crippen LogP contribution in [0.1, 0.15) is 0 Å². The molecule has 1 aromatic heterocycles. The van der Waals surface area contributed by atoms with Gasteiger partial charge in [0.1, 0.15) is 0 Å². The summed E-state index contributed by atoms with van der Waals surface area (Å²) in [5.74, 6) is 0.374. The van der Waals surface area contributed by atoms with Gasteiger partial charge in [0.15, 0.2) is 0 Å². The van der Waals surface area contributed by atoms with Gasteiger partial charge >= 0.3 is 12.0 Å². The average Bonchev–Trinajstić information content (AvgIpc) is 2.25. The molecule has 6 nitrogen and oxygen atoms in total. The van der Waals surface area contributed by atoms with Gasteiger partial charge in [-0.1, -0.05) is 22.5 Å². The van der Waals surface area contributed by atoms with Gasteiger partial charge in [-0.2, -0.15) is 9.97 Å². The Morgan fingerprint density at radius 3 is 2.20 bits per heavy atom. The summed E-state index contributed by atoms with van der Waals surface area (Å²) in [7, 11) is 2.95. The Kier molecular flexibility index (Phi) is 4.29. The van der Waals surface area contributed by atoms with E-state index in [1.54, 1.807) is 0 Å². The van der Waals surface area contributed by atoms with E-state index in [2.05, 4.69) is 42.8 Å². The molecular formula is C8H11BrN4O2. The van der Waals surface area contributed by atoms with Crippen LogP contribution in [0.5, 0.6) is 12.0 Å². The highest BCUT2D eigenvalue weighted by Gasteiger charge is 2.06. The van der Waals surface area contributed by atoms with Crippen LogP contribution in [-0.4, -0.2) is 35.7 Å². The molecular weight excluding hydrogens is 264 g/mol. The van der Waals surface area contributed by atoms with Crippen molar-refractivity contribution in [3.05, 3.63) is 11.1 Å². The number of nitrogens with one attached hydrogen (secondary N) is 1. The summed E-state index contributed by atoms with van der Waals surface area (Å²) >= 11 is 3.21. The van der Waals surface area contributed by atoms with Crippen LogP contribution >= 0.6 is 15.9 Å². The summed E-state index contributed by atoms with van der Waals surface area (Å²) in [5.41, 5.74) is 0. The lowest BCUT2D eigenvalue weighted by atomic mass is 10.6. The number of anilines is 1. The van der Waals surface area contributed by atoms with Gasteiger partial charge in [0.2, 0.25) is 5.95 Å².